The lowest BCUT2D eigenvalue weighted by atomic mass is 10.0. The summed E-state index contributed by atoms with van der Waals surface area (Å²) in [6.07, 6.45) is 5.60. The molecule has 4 rings (SSSR count). The molecule has 4 heterocycles. The number of hydrogen-bond acceptors (Lipinski definition) is 7. The molecule has 8 nitrogen and oxygen atoms in total. The number of pyridine rings is 1. The Morgan fingerprint density at radius 3 is 2.41 bits per heavy atom. The third-order valence-electron chi connectivity index (χ3n) is 6.17. The third-order valence-corrected chi connectivity index (χ3v) is 6.17. The van der Waals surface area contributed by atoms with Crippen LogP contribution in [-0.2, 0) is 7.05 Å². The summed E-state index contributed by atoms with van der Waals surface area (Å²) in [5.74, 6) is 0.746. The smallest absolute Gasteiger partial charge is 0.255 e. The van der Waals surface area contributed by atoms with Crippen molar-refractivity contribution < 1.29 is 5.11 Å². The Hall–Kier alpha value is -2.29. The number of anilines is 1. The first-order valence-corrected chi connectivity index (χ1v) is 10.5. The summed E-state index contributed by atoms with van der Waals surface area (Å²) < 4.78 is 1.65. The molecule has 2 fully saturated rings. The van der Waals surface area contributed by atoms with E-state index in [4.69, 9.17) is 10.1 Å². The van der Waals surface area contributed by atoms with Crippen LogP contribution in [0.1, 0.15) is 12.8 Å². The van der Waals surface area contributed by atoms with Gasteiger partial charge >= 0.3 is 0 Å². The molecule has 2 aromatic heterocycles. The van der Waals surface area contributed by atoms with E-state index in [1.807, 2.05) is 12.1 Å². The zero-order chi connectivity index (χ0) is 20.2. The predicted molar refractivity (Wildman–Crippen MR) is 113 cm³/mol. The van der Waals surface area contributed by atoms with Gasteiger partial charge in [-0.2, -0.15) is 0 Å². The van der Waals surface area contributed by atoms with Crippen LogP contribution < -0.4 is 10.5 Å². The van der Waals surface area contributed by atoms with E-state index >= 15 is 0 Å². The number of aromatic nitrogens is 3. The standard InChI is InChI=1S/C21H30N6O2/c1-24-20(29)16-19(17-2-6-22-7-3-17)23-21(24)27-8-4-18(5-9-27)26-12-10-25(11-13-26)14-15-28/h2-3,6-7,16,18,28H,4-5,8-15H2,1H3. The van der Waals surface area contributed by atoms with E-state index < -0.39 is 0 Å². The average molecular weight is 399 g/mol. The Kier molecular flexibility index (Phi) is 6.22. The lowest BCUT2D eigenvalue weighted by molar-refractivity contribution is 0.0745. The minimum Gasteiger partial charge on any atom is -0.395 e. The summed E-state index contributed by atoms with van der Waals surface area (Å²) >= 11 is 0. The van der Waals surface area contributed by atoms with E-state index in [0.29, 0.717) is 11.7 Å². The lowest BCUT2D eigenvalue weighted by Crippen LogP contribution is -2.53. The molecular weight excluding hydrogens is 368 g/mol. The van der Waals surface area contributed by atoms with Gasteiger partial charge in [0.15, 0.2) is 0 Å². The molecule has 2 aliphatic heterocycles. The van der Waals surface area contributed by atoms with Gasteiger partial charge in [-0.3, -0.25) is 24.1 Å². The van der Waals surface area contributed by atoms with Gasteiger partial charge in [0.1, 0.15) is 0 Å². The van der Waals surface area contributed by atoms with Crippen molar-refractivity contribution in [2.24, 2.45) is 7.05 Å². The van der Waals surface area contributed by atoms with Crippen molar-refractivity contribution in [2.45, 2.75) is 18.9 Å². The maximum absolute atomic E-state index is 12.5. The highest BCUT2D eigenvalue weighted by Gasteiger charge is 2.28. The van der Waals surface area contributed by atoms with Crippen LogP contribution in [0.4, 0.5) is 5.95 Å². The molecule has 0 unspecified atom stereocenters. The van der Waals surface area contributed by atoms with Gasteiger partial charge in [-0.1, -0.05) is 0 Å². The van der Waals surface area contributed by atoms with Crippen LogP contribution in [0.15, 0.2) is 35.4 Å². The van der Waals surface area contributed by atoms with Crippen molar-refractivity contribution in [2.75, 3.05) is 57.3 Å². The molecule has 8 heteroatoms. The Morgan fingerprint density at radius 2 is 1.76 bits per heavy atom. The number of β-amino-alcohol motifs (C(OH)–C–C–N with tert-alkyl or cyclic N) is 1. The molecule has 1 N–H and O–H groups in total. The molecule has 0 radical (unpaired) electrons. The average Bonchev–Trinajstić information content (AvgIpc) is 2.77. The van der Waals surface area contributed by atoms with E-state index in [-0.39, 0.29) is 12.2 Å². The number of hydrogen-bond donors (Lipinski definition) is 1. The number of rotatable bonds is 5. The summed E-state index contributed by atoms with van der Waals surface area (Å²) in [6, 6.07) is 5.95. The molecule has 0 atom stereocenters. The van der Waals surface area contributed by atoms with Crippen molar-refractivity contribution in [3.05, 3.63) is 40.9 Å². The highest BCUT2D eigenvalue weighted by atomic mass is 16.3. The van der Waals surface area contributed by atoms with Gasteiger partial charge in [-0.05, 0) is 25.0 Å². The number of piperidine rings is 1. The SMILES string of the molecule is Cn1c(N2CCC(N3CCN(CCO)CC3)CC2)nc(-c2ccncc2)cc1=O. The predicted octanol–water partition coefficient (Wildman–Crippen LogP) is 0.421. The molecule has 0 aliphatic carbocycles. The van der Waals surface area contributed by atoms with E-state index in [1.54, 1.807) is 30.1 Å². The Morgan fingerprint density at radius 1 is 1.07 bits per heavy atom. The van der Waals surface area contributed by atoms with Gasteiger partial charge in [-0.15, -0.1) is 0 Å². The molecular formula is C21H30N6O2. The zero-order valence-electron chi connectivity index (χ0n) is 17.1. The second-order valence-electron chi connectivity index (χ2n) is 7.89. The summed E-state index contributed by atoms with van der Waals surface area (Å²) in [4.78, 5) is 28.5. The summed E-state index contributed by atoms with van der Waals surface area (Å²) in [5, 5.41) is 9.11. The maximum atomic E-state index is 12.5. The van der Waals surface area contributed by atoms with Crippen LogP contribution in [0.2, 0.25) is 0 Å². The fourth-order valence-corrected chi connectivity index (χ4v) is 4.41. The normalized spacial score (nSPS) is 19.6. The van der Waals surface area contributed by atoms with E-state index in [2.05, 4.69) is 19.7 Å². The third kappa shape index (κ3) is 4.49. The molecule has 0 aromatic carbocycles. The molecule has 0 bridgehead atoms. The minimum atomic E-state index is -0.0380. The largest absolute Gasteiger partial charge is 0.395 e. The van der Waals surface area contributed by atoms with Crippen LogP contribution in [0.3, 0.4) is 0 Å². The Labute approximate surface area is 171 Å². The van der Waals surface area contributed by atoms with Gasteiger partial charge < -0.3 is 10.0 Å². The summed E-state index contributed by atoms with van der Waals surface area (Å²) in [7, 11) is 1.80. The van der Waals surface area contributed by atoms with Crippen LogP contribution in [0.5, 0.6) is 0 Å². The van der Waals surface area contributed by atoms with Crippen LogP contribution >= 0.6 is 0 Å². The quantitative estimate of drug-likeness (QED) is 0.782. The molecule has 0 spiro atoms. The molecule has 2 aliphatic rings. The number of aliphatic hydroxyl groups excluding tert-OH is 1. The molecule has 2 saturated heterocycles. The monoisotopic (exact) mass is 398 g/mol. The van der Waals surface area contributed by atoms with Gasteiger partial charge in [0, 0.05) is 82.9 Å². The Bertz CT molecular complexity index is 855. The van der Waals surface area contributed by atoms with Crippen molar-refractivity contribution in [3.63, 3.8) is 0 Å². The van der Waals surface area contributed by atoms with E-state index in [9.17, 15) is 4.79 Å². The van der Waals surface area contributed by atoms with Crippen LogP contribution in [-0.4, -0.2) is 87.9 Å². The van der Waals surface area contributed by atoms with Gasteiger partial charge in [0.05, 0.1) is 12.3 Å². The maximum Gasteiger partial charge on any atom is 0.255 e. The number of nitrogens with zero attached hydrogens (tertiary/aromatic N) is 6. The molecule has 29 heavy (non-hydrogen) atoms. The van der Waals surface area contributed by atoms with Gasteiger partial charge in [-0.25, -0.2) is 4.98 Å². The van der Waals surface area contributed by atoms with Gasteiger partial charge in [0.25, 0.3) is 5.56 Å². The van der Waals surface area contributed by atoms with E-state index in [1.165, 1.54) is 0 Å². The fourth-order valence-electron chi connectivity index (χ4n) is 4.41. The van der Waals surface area contributed by atoms with E-state index in [0.717, 1.165) is 70.2 Å². The first-order chi connectivity index (χ1) is 14.2. The fraction of sp³-hybridized carbons (Fsp3) is 0.571. The number of aliphatic hydroxyl groups is 1. The molecule has 2 aromatic rings. The summed E-state index contributed by atoms with van der Waals surface area (Å²) in [6.45, 7) is 7.03. The van der Waals surface area contributed by atoms with Crippen molar-refractivity contribution in [3.8, 4) is 11.3 Å². The van der Waals surface area contributed by atoms with Gasteiger partial charge in [0.2, 0.25) is 5.95 Å². The molecule has 156 valence electrons. The highest BCUT2D eigenvalue weighted by molar-refractivity contribution is 5.59. The van der Waals surface area contributed by atoms with Crippen molar-refractivity contribution in [1.29, 1.82) is 0 Å². The zero-order valence-corrected chi connectivity index (χ0v) is 17.1. The molecule has 0 amide bonds. The highest BCUT2D eigenvalue weighted by Crippen LogP contribution is 2.23. The van der Waals surface area contributed by atoms with Crippen LogP contribution in [0, 0.1) is 0 Å². The number of piperazine rings is 1. The topological polar surface area (TPSA) is 77.7 Å². The first kappa shape index (κ1) is 20.0. The minimum absolute atomic E-state index is 0.0380. The second-order valence-corrected chi connectivity index (χ2v) is 7.89. The lowest BCUT2D eigenvalue weighted by Gasteiger charge is -2.43. The Balaban J connectivity index is 1.42. The first-order valence-electron chi connectivity index (χ1n) is 10.5. The molecule has 0 saturated carbocycles. The second kappa shape index (κ2) is 9.02. The summed E-state index contributed by atoms with van der Waals surface area (Å²) in [5.41, 5.74) is 1.58. The van der Waals surface area contributed by atoms with Crippen molar-refractivity contribution >= 4 is 5.95 Å². The van der Waals surface area contributed by atoms with Crippen LogP contribution in [0.25, 0.3) is 11.3 Å². The van der Waals surface area contributed by atoms with Crippen molar-refractivity contribution in [1.82, 2.24) is 24.3 Å².